The third-order valence-electron chi connectivity index (χ3n) is 3.73. The Balaban J connectivity index is 1.75. The number of hydrogen-bond acceptors (Lipinski definition) is 3. The van der Waals surface area contributed by atoms with Crippen LogP contribution in [0.1, 0.15) is 19.8 Å². The summed E-state index contributed by atoms with van der Waals surface area (Å²) in [5.74, 6) is 1.50. The molecule has 3 unspecified atom stereocenters. The Morgan fingerprint density at radius 2 is 2.29 bits per heavy atom. The normalized spacial score (nSPS) is 39.4. The Morgan fingerprint density at radius 3 is 2.86 bits per heavy atom. The molecule has 2 N–H and O–H groups in total. The molecule has 2 fully saturated rings. The van der Waals surface area contributed by atoms with E-state index in [-0.39, 0.29) is 0 Å². The first kappa shape index (κ1) is 10.4. The van der Waals surface area contributed by atoms with Gasteiger partial charge in [-0.05, 0) is 44.7 Å². The zero-order valence-corrected chi connectivity index (χ0v) is 9.11. The first-order valence-corrected chi connectivity index (χ1v) is 5.83. The summed E-state index contributed by atoms with van der Waals surface area (Å²) in [4.78, 5) is 2.56. The van der Waals surface area contributed by atoms with Gasteiger partial charge < -0.3 is 15.4 Å². The second-order valence-corrected chi connectivity index (χ2v) is 4.77. The summed E-state index contributed by atoms with van der Waals surface area (Å²) in [6, 6.07) is 0. The van der Waals surface area contributed by atoms with Gasteiger partial charge in [0.15, 0.2) is 0 Å². The smallest absolute Gasteiger partial charge is 0.0588 e. The second kappa shape index (κ2) is 4.60. The maximum atomic E-state index is 5.68. The third kappa shape index (κ3) is 2.27. The van der Waals surface area contributed by atoms with Gasteiger partial charge in [0, 0.05) is 19.7 Å². The summed E-state index contributed by atoms with van der Waals surface area (Å²) in [5, 5.41) is 0. The molecule has 0 aromatic heterocycles. The predicted molar refractivity (Wildman–Crippen MR) is 57.1 cm³/mol. The van der Waals surface area contributed by atoms with Crippen molar-refractivity contribution in [2.75, 3.05) is 32.8 Å². The molecular weight excluding hydrogens is 176 g/mol. The standard InChI is InChI=1S/C11H22N2O/c1-9-11(3-5-14-9)8-13-4-2-10(6-12)7-13/h9-11H,2-8,12H2,1H3. The number of nitrogens with zero attached hydrogens (tertiary/aromatic N) is 1. The molecule has 82 valence electrons. The Morgan fingerprint density at radius 1 is 1.43 bits per heavy atom. The minimum absolute atomic E-state index is 0.465. The molecule has 2 aliphatic heterocycles. The van der Waals surface area contributed by atoms with Crippen molar-refractivity contribution in [2.24, 2.45) is 17.6 Å². The van der Waals surface area contributed by atoms with Crippen molar-refractivity contribution in [1.82, 2.24) is 4.90 Å². The number of likely N-dealkylation sites (tertiary alicyclic amines) is 1. The van der Waals surface area contributed by atoms with Crippen molar-refractivity contribution in [3.8, 4) is 0 Å². The fraction of sp³-hybridized carbons (Fsp3) is 1.00. The predicted octanol–water partition coefficient (Wildman–Crippen LogP) is 0.692. The van der Waals surface area contributed by atoms with Crippen molar-refractivity contribution in [1.29, 1.82) is 0 Å². The zero-order valence-electron chi connectivity index (χ0n) is 9.11. The highest BCUT2D eigenvalue weighted by Gasteiger charge is 2.29. The van der Waals surface area contributed by atoms with Crippen molar-refractivity contribution in [2.45, 2.75) is 25.9 Å². The topological polar surface area (TPSA) is 38.5 Å². The van der Waals surface area contributed by atoms with E-state index in [0.717, 1.165) is 25.0 Å². The molecule has 0 amide bonds. The molecule has 3 nitrogen and oxygen atoms in total. The van der Waals surface area contributed by atoms with Crippen LogP contribution in [0.25, 0.3) is 0 Å². The maximum Gasteiger partial charge on any atom is 0.0588 e. The lowest BCUT2D eigenvalue weighted by Gasteiger charge is -2.22. The summed E-state index contributed by atoms with van der Waals surface area (Å²) in [6.45, 7) is 7.68. The van der Waals surface area contributed by atoms with E-state index in [9.17, 15) is 0 Å². The van der Waals surface area contributed by atoms with Crippen LogP contribution in [0.2, 0.25) is 0 Å². The summed E-state index contributed by atoms with van der Waals surface area (Å²) in [7, 11) is 0. The molecule has 2 heterocycles. The van der Waals surface area contributed by atoms with E-state index in [1.807, 2.05) is 0 Å². The van der Waals surface area contributed by atoms with Crippen molar-refractivity contribution >= 4 is 0 Å². The minimum atomic E-state index is 0.465. The van der Waals surface area contributed by atoms with E-state index in [1.165, 1.54) is 32.5 Å². The quantitative estimate of drug-likeness (QED) is 0.725. The molecular formula is C11H22N2O. The van der Waals surface area contributed by atoms with E-state index < -0.39 is 0 Å². The van der Waals surface area contributed by atoms with Gasteiger partial charge in [0.1, 0.15) is 0 Å². The molecule has 2 aliphatic rings. The molecule has 0 saturated carbocycles. The minimum Gasteiger partial charge on any atom is -0.378 e. The van der Waals surface area contributed by atoms with Crippen molar-refractivity contribution in [3.63, 3.8) is 0 Å². The highest BCUT2D eigenvalue weighted by molar-refractivity contribution is 4.81. The van der Waals surface area contributed by atoms with Crippen LogP contribution < -0.4 is 5.73 Å². The van der Waals surface area contributed by atoms with Gasteiger partial charge in [0.25, 0.3) is 0 Å². The lowest BCUT2D eigenvalue weighted by molar-refractivity contribution is 0.0953. The van der Waals surface area contributed by atoms with E-state index in [2.05, 4.69) is 11.8 Å². The van der Waals surface area contributed by atoms with Gasteiger partial charge in [-0.3, -0.25) is 0 Å². The number of ether oxygens (including phenoxy) is 1. The second-order valence-electron chi connectivity index (χ2n) is 4.77. The Labute approximate surface area is 86.6 Å². The lowest BCUT2D eigenvalue weighted by atomic mass is 10.0. The third-order valence-corrected chi connectivity index (χ3v) is 3.73. The summed E-state index contributed by atoms with van der Waals surface area (Å²) in [5.41, 5.74) is 5.68. The average molecular weight is 198 g/mol. The zero-order chi connectivity index (χ0) is 9.97. The first-order chi connectivity index (χ1) is 6.79. The first-order valence-electron chi connectivity index (χ1n) is 5.83. The molecule has 0 spiro atoms. The van der Waals surface area contributed by atoms with Crippen LogP contribution in [0.5, 0.6) is 0 Å². The Hall–Kier alpha value is -0.120. The summed E-state index contributed by atoms with van der Waals surface area (Å²) < 4.78 is 5.58. The van der Waals surface area contributed by atoms with E-state index in [0.29, 0.717) is 6.10 Å². The number of hydrogen-bond donors (Lipinski definition) is 1. The maximum absolute atomic E-state index is 5.68. The number of nitrogens with two attached hydrogens (primary N) is 1. The molecule has 2 saturated heterocycles. The Bertz CT molecular complexity index is 186. The lowest BCUT2D eigenvalue weighted by Crippen LogP contribution is -2.31. The van der Waals surface area contributed by atoms with E-state index in [1.54, 1.807) is 0 Å². The highest BCUT2D eigenvalue weighted by atomic mass is 16.5. The van der Waals surface area contributed by atoms with Crippen LogP contribution in [-0.2, 0) is 4.74 Å². The summed E-state index contributed by atoms with van der Waals surface area (Å²) >= 11 is 0. The van der Waals surface area contributed by atoms with E-state index in [4.69, 9.17) is 10.5 Å². The fourth-order valence-corrected chi connectivity index (χ4v) is 2.62. The molecule has 0 radical (unpaired) electrons. The van der Waals surface area contributed by atoms with Crippen LogP contribution in [0.3, 0.4) is 0 Å². The molecule has 3 heteroatoms. The molecule has 0 aromatic rings. The van der Waals surface area contributed by atoms with Gasteiger partial charge in [-0.25, -0.2) is 0 Å². The average Bonchev–Trinajstić information content (AvgIpc) is 2.77. The van der Waals surface area contributed by atoms with Crippen LogP contribution in [0.4, 0.5) is 0 Å². The van der Waals surface area contributed by atoms with Gasteiger partial charge in [-0.15, -0.1) is 0 Å². The van der Waals surface area contributed by atoms with Gasteiger partial charge in [-0.1, -0.05) is 0 Å². The van der Waals surface area contributed by atoms with E-state index >= 15 is 0 Å². The molecule has 0 aliphatic carbocycles. The molecule has 0 bridgehead atoms. The van der Waals surface area contributed by atoms with Gasteiger partial charge in [-0.2, -0.15) is 0 Å². The van der Waals surface area contributed by atoms with Crippen molar-refractivity contribution < 1.29 is 4.74 Å². The molecule has 3 atom stereocenters. The number of rotatable bonds is 3. The van der Waals surface area contributed by atoms with Gasteiger partial charge >= 0.3 is 0 Å². The Kier molecular flexibility index (Phi) is 3.42. The fourth-order valence-electron chi connectivity index (χ4n) is 2.62. The highest BCUT2D eigenvalue weighted by Crippen LogP contribution is 2.24. The van der Waals surface area contributed by atoms with Gasteiger partial charge in [0.05, 0.1) is 6.10 Å². The van der Waals surface area contributed by atoms with Crippen molar-refractivity contribution in [3.05, 3.63) is 0 Å². The SMILES string of the molecule is CC1OCCC1CN1CCC(CN)C1. The molecule has 0 aromatic carbocycles. The van der Waals surface area contributed by atoms with Crippen LogP contribution in [-0.4, -0.2) is 43.8 Å². The summed E-state index contributed by atoms with van der Waals surface area (Å²) in [6.07, 6.45) is 3.00. The molecule has 14 heavy (non-hydrogen) atoms. The van der Waals surface area contributed by atoms with Crippen LogP contribution >= 0.6 is 0 Å². The molecule has 2 rings (SSSR count). The monoisotopic (exact) mass is 198 g/mol. The van der Waals surface area contributed by atoms with Crippen LogP contribution in [0.15, 0.2) is 0 Å². The largest absolute Gasteiger partial charge is 0.378 e. The van der Waals surface area contributed by atoms with Gasteiger partial charge in [0.2, 0.25) is 0 Å². The van der Waals surface area contributed by atoms with Crippen LogP contribution in [0, 0.1) is 11.8 Å².